The largest absolute Gasteiger partial charge is 0.369 e. The van der Waals surface area contributed by atoms with Gasteiger partial charge in [-0.1, -0.05) is 20.8 Å². The van der Waals surface area contributed by atoms with E-state index in [4.69, 9.17) is 5.26 Å². The lowest BCUT2D eigenvalue weighted by Crippen LogP contribution is -2.28. The molecular weight excluding hydrogens is 260 g/mol. The van der Waals surface area contributed by atoms with Crippen molar-refractivity contribution in [2.75, 3.05) is 24.5 Å². The lowest BCUT2D eigenvalue weighted by molar-refractivity contribution is 0.558. The molecular formula is C17H28N4. The van der Waals surface area contributed by atoms with Gasteiger partial charge in [0.15, 0.2) is 0 Å². The minimum atomic E-state index is 0.275. The number of nitrogens with one attached hydrogen (secondary N) is 1. The SMILES string of the molecule is CCCNC(C)c1ccc(N(CCC#N)CC(C)C)cn1. The first-order valence-corrected chi connectivity index (χ1v) is 7.89. The first kappa shape index (κ1) is 17.5. The second kappa shape index (κ2) is 9.36. The van der Waals surface area contributed by atoms with E-state index in [1.165, 1.54) is 0 Å². The standard InChI is InChI=1S/C17H28N4/c1-5-10-19-15(4)17-8-7-16(12-20-17)21(11-6-9-18)13-14(2)3/h7-8,12,14-15,19H,5-6,10-11,13H2,1-4H3. The van der Waals surface area contributed by atoms with Crippen molar-refractivity contribution in [3.63, 3.8) is 0 Å². The van der Waals surface area contributed by atoms with Crippen LogP contribution in [0.25, 0.3) is 0 Å². The van der Waals surface area contributed by atoms with Crippen molar-refractivity contribution in [3.05, 3.63) is 24.0 Å². The van der Waals surface area contributed by atoms with E-state index >= 15 is 0 Å². The van der Waals surface area contributed by atoms with Crippen LogP contribution in [-0.2, 0) is 0 Å². The zero-order valence-electron chi connectivity index (χ0n) is 13.8. The highest BCUT2D eigenvalue weighted by atomic mass is 15.1. The van der Waals surface area contributed by atoms with Crippen molar-refractivity contribution in [2.45, 2.75) is 46.6 Å². The molecule has 1 atom stereocenters. The molecule has 116 valence electrons. The molecule has 1 N–H and O–H groups in total. The summed E-state index contributed by atoms with van der Waals surface area (Å²) in [5, 5.41) is 12.2. The number of hydrogen-bond acceptors (Lipinski definition) is 4. The highest BCUT2D eigenvalue weighted by Gasteiger charge is 2.11. The maximum Gasteiger partial charge on any atom is 0.0640 e. The van der Waals surface area contributed by atoms with Gasteiger partial charge >= 0.3 is 0 Å². The van der Waals surface area contributed by atoms with Crippen molar-refractivity contribution in [1.29, 1.82) is 5.26 Å². The number of anilines is 1. The molecule has 0 aliphatic rings. The average molecular weight is 288 g/mol. The number of rotatable bonds is 9. The summed E-state index contributed by atoms with van der Waals surface area (Å²) in [6.45, 7) is 11.4. The molecule has 0 aliphatic heterocycles. The van der Waals surface area contributed by atoms with Crippen LogP contribution in [0.4, 0.5) is 5.69 Å². The fourth-order valence-corrected chi connectivity index (χ4v) is 2.26. The molecule has 0 bridgehead atoms. The van der Waals surface area contributed by atoms with Crippen molar-refractivity contribution in [1.82, 2.24) is 10.3 Å². The minimum Gasteiger partial charge on any atom is -0.369 e. The maximum atomic E-state index is 8.79. The Morgan fingerprint density at radius 3 is 2.62 bits per heavy atom. The monoisotopic (exact) mass is 288 g/mol. The van der Waals surface area contributed by atoms with Gasteiger partial charge in [-0.05, 0) is 37.9 Å². The third-order valence-electron chi connectivity index (χ3n) is 3.36. The minimum absolute atomic E-state index is 0.275. The molecule has 0 aromatic carbocycles. The Morgan fingerprint density at radius 2 is 2.10 bits per heavy atom. The van der Waals surface area contributed by atoms with E-state index in [9.17, 15) is 0 Å². The molecule has 0 spiro atoms. The van der Waals surface area contributed by atoms with Gasteiger partial charge in [-0.15, -0.1) is 0 Å². The van der Waals surface area contributed by atoms with E-state index in [0.29, 0.717) is 12.3 Å². The molecule has 4 nitrogen and oxygen atoms in total. The van der Waals surface area contributed by atoms with Crippen LogP contribution in [0.1, 0.15) is 52.3 Å². The molecule has 1 heterocycles. The van der Waals surface area contributed by atoms with Crippen LogP contribution in [-0.4, -0.2) is 24.6 Å². The van der Waals surface area contributed by atoms with Gasteiger partial charge in [0.2, 0.25) is 0 Å². The van der Waals surface area contributed by atoms with E-state index in [2.05, 4.69) is 61.1 Å². The Kier molecular flexibility index (Phi) is 7.78. The number of hydrogen-bond donors (Lipinski definition) is 1. The summed E-state index contributed by atoms with van der Waals surface area (Å²) < 4.78 is 0. The highest BCUT2D eigenvalue weighted by Crippen LogP contribution is 2.18. The molecule has 1 unspecified atom stereocenters. The quantitative estimate of drug-likeness (QED) is 0.755. The molecule has 1 aromatic heterocycles. The van der Waals surface area contributed by atoms with Crippen LogP contribution in [0, 0.1) is 17.2 Å². The Balaban J connectivity index is 2.74. The highest BCUT2D eigenvalue weighted by molar-refractivity contribution is 5.45. The molecule has 21 heavy (non-hydrogen) atoms. The average Bonchev–Trinajstić information content (AvgIpc) is 2.49. The van der Waals surface area contributed by atoms with Gasteiger partial charge in [0.25, 0.3) is 0 Å². The number of pyridine rings is 1. The lowest BCUT2D eigenvalue weighted by Gasteiger charge is -2.26. The van der Waals surface area contributed by atoms with Gasteiger partial charge in [-0.25, -0.2) is 0 Å². The zero-order valence-corrected chi connectivity index (χ0v) is 13.8. The van der Waals surface area contributed by atoms with E-state index in [1.54, 1.807) is 0 Å². The molecule has 0 aliphatic carbocycles. The third-order valence-corrected chi connectivity index (χ3v) is 3.36. The van der Waals surface area contributed by atoms with Gasteiger partial charge in [0.05, 0.1) is 30.1 Å². The van der Waals surface area contributed by atoms with Crippen LogP contribution in [0.15, 0.2) is 18.3 Å². The van der Waals surface area contributed by atoms with Gasteiger partial charge < -0.3 is 10.2 Å². The number of nitriles is 1. The van der Waals surface area contributed by atoms with Gasteiger partial charge in [-0.2, -0.15) is 5.26 Å². The second-order valence-corrected chi connectivity index (χ2v) is 5.87. The number of nitrogens with zero attached hydrogens (tertiary/aromatic N) is 3. The Morgan fingerprint density at radius 1 is 1.33 bits per heavy atom. The van der Waals surface area contributed by atoms with E-state index in [1.807, 2.05) is 6.20 Å². The van der Waals surface area contributed by atoms with E-state index < -0.39 is 0 Å². The molecule has 0 saturated heterocycles. The summed E-state index contributed by atoms with van der Waals surface area (Å²) in [4.78, 5) is 6.83. The van der Waals surface area contributed by atoms with Gasteiger partial charge in [0, 0.05) is 19.1 Å². The Labute approximate surface area is 129 Å². The zero-order chi connectivity index (χ0) is 15.7. The first-order valence-electron chi connectivity index (χ1n) is 7.89. The molecule has 0 saturated carbocycles. The van der Waals surface area contributed by atoms with Crippen LogP contribution in [0.2, 0.25) is 0 Å². The smallest absolute Gasteiger partial charge is 0.0640 e. The molecule has 0 radical (unpaired) electrons. The third kappa shape index (κ3) is 6.14. The van der Waals surface area contributed by atoms with Crippen LogP contribution < -0.4 is 10.2 Å². The van der Waals surface area contributed by atoms with Crippen molar-refractivity contribution >= 4 is 5.69 Å². The molecule has 0 fully saturated rings. The first-order chi connectivity index (χ1) is 10.1. The Hall–Kier alpha value is -1.60. The van der Waals surface area contributed by atoms with Crippen LogP contribution >= 0.6 is 0 Å². The molecule has 0 amide bonds. The normalized spacial score (nSPS) is 12.2. The summed E-state index contributed by atoms with van der Waals surface area (Å²) in [6, 6.07) is 6.70. The predicted octanol–water partition coefficient (Wildman–Crippen LogP) is 3.52. The predicted molar refractivity (Wildman–Crippen MR) is 88.2 cm³/mol. The van der Waals surface area contributed by atoms with Crippen LogP contribution in [0.5, 0.6) is 0 Å². The summed E-state index contributed by atoms with van der Waals surface area (Å²) in [7, 11) is 0. The molecule has 4 heteroatoms. The summed E-state index contributed by atoms with van der Waals surface area (Å²) in [5.74, 6) is 0.563. The van der Waals surface area contributed by atoms with Crippen molar-refractivity contribution < 1.29 is 0 Å². The summed E-state index contributed by atoms with van der Waals surface area (Å²) in [6.07, 6.45) is 3.60. The maximum absolute atomic E-state index is 8.79. The number of aromatic nitrogens is 1. The van der Waals surface area contributed by atoms with E-state index in [0.717, 1.165) is 37.4 Å². The van der Waals surface area contributed by atoms with E-state index in [-0.39, 0.29) is 6.04 Å². The Bertz CT molecular complexity index is 433. The van der Waals surface area contributed by atoms with Crippen LogP contribution in [0.3, 0.4) is 0 Å². The lowest BCUT2D eigenvalue weighted by atomic mass is 10.1. The molecule has 1 rings (SSSR count). The fourth-order valence-electron chi connectivity index (χ4n) is 2.26. The topological polar surface area (TPSA) is 52.0 Å². The fraction of sp³-hybridized carbons (Fsp3) is 0.647. The summed E-state index contributed by atoms with van der Waals surface area (Å²) >= 11 is 0. The van der Waals surface area contributed by atoms with Gasteiger partial charge in [0.1, 0.15) is 0 Å². The van der Waals surface area contributed by atoms with Gasteiger partial charge in [-0.3, -0.25) is 4.98 Å². The van der Waals surface area contributed by atoms with Crippen molar-refractivity contribution in [2.24, 2.45) is 5.92 Å². The second-order valence-electron chi connectivity index (χ2n) is 5.87. The summed E-state index contributed by atoms with van der Waals surface area (Å²) in [5.41, 5.74) is 2.17. The molecule has 1 aromatic rings. The van der Waals surface area contributed by atoms with Crippen molar-refractivity contribution in [3.8, 4) is 6.07 Å².